The number of carbonyl (C=O) groups is 1. The van der Waals surface area contributed by atoms with Gasteiger partial charge in [0.15, 0.2) is 5.79 Å². The second-order valence-corrected chi connectivity index (χ2v) is 7.15. The van der Waals surface area contributed by atoms with Gasteiger partial charge in [0, 0.05) is 18.3 Å². The van der Waals surface area contributed by atoms with Gasteiger partial charge in [-0.3, -0.25) is 4.79 Å². The highest BCUT2D eigenvalue weighted by molar-refractivity contribution is 5.71. The van der Waals surface area contributed by atoms with Crippen molar-refractivity contribution in [3.8, 4) is 0 Å². The van der Waals surface area contributed by atoms with Crippen molar-refractivity contribution in [1.29, 1.82) is 0 Å². The van der Waals surface area contributed by atoms with Crippen molar-refractivity contribution in [3.63, 3.8) is 0 Å². The van der Waals surface area contributed by atoms with Crippen molar-refractivity contribution in [2.24, 2.45) is 23.2 Å². The zero-order chi connectivity index (χ0) is 13.8. The number of aliphatic hydroxyl groups is 1. The highest BCUT2D eigenvalue weighted by Gasteiger charge is 2.58. The minimum atomic E-state index is -0.895. The molecule has 1 saturated heterocycles. The Morgan fingerprint density at radius 2 is 1.84 bits per heavy atom. The van der Waals surface area contributed by atoms with Gasteiger partial charge in [-0.1, -0.05) is 13.8 Å². The molecule has 2 N–H and O–H groups in total. The number of carboxylic acid groups (broad SMARTS) is 1. The van der Waals surface area contributed by atoms with Crippen LogP contribution >= 0.6 is 0 Å². The number of fused-ring (bicyclic) bond motifs is 1. The lowest BCUT2D eigenvalue weighted by molar-refractivity contribution is -0.298. The maximum absolute atomic E-state index is 11.3. The van der Waals surface area contributed by atoms with E-state index in [4.69, 9.17) is 9.47 Å². The van der Waals surface area contributed by atoms with Crippen LogP contribution in [0.1, 0.15) is 33.1 Å². The third-order valence-corrected chi connectivity index (χ3v) is 4.88. The van der Waals surface area contributed by atoms with Crippen LogP contribution in [-0.4, -0.2) is 41.3 Å². The Hall–Kier alpha value is -0.650. The molecule has 5 heteroatoms. The van der Waals surface area contributed by atoms with Crippen molar-refractivity contribution in [2.45, 2.75) is 45.0 Å². The van der Waals surface area contributed by atoms with Crippen LogP contribution in [0.2, 0.25) is 0 Å². The highest BCUT2D eigenvalue weighted by Crippen LogP contribution is 2.54. The van der Waals surface area contributed by atoms with Crippen LogP contribution in [0.15, 0.2) is 0 Å². The lowest BCUT2D eigenvalue weighted by atomic mass is 9.90. The van der Waals surface area contributed by atoms with E-state index in [0.29, 0.717) is 32.5 Å². The zero-order valence-electron chi connectivity index (χ0n) is 11.5. The van der Waals surface area contributed by atoms with Crippen LogP contribution in [0.4, 0.5) is 0 Å². The van der Waals surface area contributed by atoms with Gasteiger partial charge in [0.25, 0.3) is 0 Å². The van der Waals surface area contributed by atoms with Gasteiger partial charge in [0.1, 0.15) is 0 Å². The second kappa shape index (κ2) is 4.17. The first-order chi connectivity index (χ1) is 8.82. The average molecular weight is 270 g/mol. The van der Waals surface area contributed by atoms with Gasteiger partial charge in [-0.05, 0) is 18.3 Å². The number of rotatable bonds is 1. The quantitative estimate of drug-likeness (QED) is 0.750. The molecule has 3 aliphatic rings. The third kappa shape index (κ3) is 2.18. The van der Waals surface area contributed by atoms with E-state index in [1.54, 1.807) is 0 Å². The van der Waals surface area contributed by atoms with E-state index in [2.05, 4.69) is 13.8 Å². The molecule has 0 bridgehead atoms. The Balaban J connectivity index is 1.73. The van der Waals surface area contributed by atoms with Crippen LogP contribution in [-0.2, 0) is 14.3 Å². The summed E-state index contributed by atoms with van der Waals surface area (Å²) in [5.41, 5.74) is 0.0225. The molecule has 0 aromatic rings. The van der Waals surface area contributed by atoms with E-state index in [-0.39, 0.29) is 17.3 Å². The maximum Gasteiger partial charge on any atom is 0.309 e. The Bertz CT molecular complexity index is 381. The lowest BCUT2D eigenvalue weighted by Gasteiger charge is -2.42. The molecule has 4 atom stereocenters. The molecule has 0 amide bonds. The number of hydrogen-bond donors (Lipinski definition) is 2. The SMILES string of the molecule is CC1(C)COC2(C[C@@H]3C[C@@H](O)[C@H](C(=O)O)[C@@H]3C2)OC1. The first kappa shape index (κ1) is 13.3. The summed E-state index contributed by atoms with van der Waals surface area (Å²) in [7, 11) is 0. The van der Waals surface area contributed by atoms with Gasteiger partial charge < -0.3 is 19.7 Å². The van der Waals surface area contributed by atoms with Crippen LogP contribution in [0.3, 0.4) is 0 Å². The molecule has 2 aliphatic carbocycles. The average Bonchev–Trinajstić information content (AvgIpc) is 2.76. The number of hydrogen-bond acceptors (Lipinski definition) is 4. The van der Waals surface area contributed by atoms with Gasteiger partial charge in [0.2, 0.25) is 0 Å². The number of carboxylic acids is 1. The van der Waals surface area contributed by atoms with Crippen LogP contribution in [0, 0.1) is 23.2 Å². The Kier molecular flexibility index (Phi) is 2.93. The molecule has 108 valence electrons. The van der Waals surface area contributed by atoms with E-state index >= 15 is 0 Å². The largest absolute Gasteiger partial charge is 0.481 e. The smallest absolute Gasteiger partial charge is 0.309 e. The minimum Gasteiger partial charge on any atom is -0.481 e. The summed E-state index contributed by atoms with van der Waals surface area (Å²) in [5.74, 6) is -1.97. The summed E-state index contributed by atoms with van der Waals surface area (Å²) in [6.07, 6.45) is 1.15. The lowest BCUT2D eigenvalue weighted by Crippen LogP contribution is -2.47. The molecule has 0 aromatic carbocycles. The van der Waals surface area contributed by atoms with Crippen LogP contribution < -0.4 is 0 Å². The van der Waals surface area contributed by atoms with Crippen molar-refractivity contribution in [1.82, 2.24) is 0 Å². The zero-order valence-corrected chi connectivity index (χ0v) is 11.5. The minimum absolute atomic E-state index is 0.0197. The number of ether oxygens (including phenoxy) is 2. The van der Waals surface area contributed by atoms with Gasteiger partial charge in [0.05, 0.1) is 25.2 Å². The number of aliphatic carboxylic acids is 1. The summed E-state index contributed by atoms with van der Waals surface area (Å²) in [6.45, 7) is 5.48. The molecule has 1 aliphatic heterocycles. The highest BCUT2D eigenvalue weighted by atomic mass is 16.7. The Morgan fingerprint density at radius 3 is 2.42 bits per heavy atom. The molecule has 3 fully saturated rings. The van der Waals surface area contributed by atoms with Gasteiger partial charge in [-0.15, -0.1) is 0 Å². The van der Waals surface area contributed by atoms with E-state index in [1.807, 2.05) is 0 Å². The fraction of sp³-hybridized carbons (Fsp3) is 0.929. The Labute approximate surface area is 112 Å². The second-order valence-electron chi connectivity index (χ2n) is 7.15. The van der Waals surface area contributed by atoms with E-state index in [0.717, 1.165) is 0 Å². The molecule has 3 rings (SSSR count). The first-order valence-corrected chi connectivity index (χ1v) is 7.01. The molecule has 0 aromatic heterocycles. The monoisotopic (exact) mass is 270 g/mol. The molecule has 5 nitrogen and oxygen atoms in total. The van der Waals surface area contributed by atoms with E-state index in [9.17, 15) is 15.0 Å². The third-order valence-electron chi connectivity index (χ3n) is 4.88. The van der Waals surface area contributed by atoms with Crippen molar-refractivity contribution in [3.05, 3.63) is 0 Å². The predicted molar refractivity (Wildman–Crippen MR) is 66.4 cm³/mol. The van der Waals surface area contributed by atoms with E-state index < -0.39 is 23.8 Å². The summed E-state index contributed by atoms with van der Waals surface area (Å²) < 4.78 is 11.9. The summed E-state index contributed by atoms with van der Waals surface area (Å²) in [6, 6.07) is 0. The standard InChI is InChI=1S/C14H22O5/c1-13(2)6-18-14(19-7-13)4-8-3-10(15)11(12(16)17)9(8)5-14/h8-11,15H,3-7H2,1-2H3,(H,16,17)/t8-,9+,10+,11+/m0/s1. The van der Waals surface area contributed by atoms with Gasteiger partial charge in [-0.2, -0.15) is 0 Å². The fourth-order valence-electron chi connectivity index (χ4n) is 3.90. The first-order valence-electron chi connectivity index (χ1n) is 7.01. The van der Waals surface area contributed by atoms with Crippen molar-refractivity contribution < 1.29 is 24.5 Å². The topological polar surface area (TPSA) is 76.0 Å². The molecular weight excluding hydrogens is 248 g/mol. The molecule has 2 saturated carbocycles. The normalized spacial score (nSPS) is 43.3. The van der Waals surface area contributed by atoms with Crippen molar-refractivity contribution in [2.75, 3.05) is 13.2 Å². The molecule has 0 unspecified atom stereocenters. The van der Waals surface area contributed by atoms with Crippen LogP contribution in [0.5, 0.6) is 0 Å². The summed E-state index contributed by atoms with van der Waals surface area (Å²) >= 11 is 0. The molecule has 1 heterocycles. The van der Waals surface area contributed by atoms with Crippen molar-refractivity contribution >= 4 is 5.97 Å². The van der Waals surface area contributed by atoms with Gasteiger partial charge >= 0.3 is 5.97 Å². The van der Waals surface area contributed by atoms with Crippen LogP contribution in [0.25, 0.3) is 0 Å². The predicted octanol–water partition coefficient (Wildman–Crippen LogP) is 1.25. The molecular formula is C14H22O5. The maximum atomic E-state index is 11.3. The van der Waals surface area contributed by atoms with Gasteiger partial charge in [-0.25, -0.2) is 0 Å². The summed E-state index contributed by atoms with van der Waals surface area (Å²) in [4.78, 5) is 11.3. The number of aliphatic hydroxyl groups excluding tert-OH is 1. The Morgan fingerprint density at radius 1 is 1.21 bits per heavy atom. The summed E-state index contributed by atoms with van der Waals surface area (Å²) in [5, 5.41) is 19.1. The molecule has 0 radical (unpaired) electrons. The van der Waals surface area contributed by atoms with E-state index in [1.165, 1.54) is 0 Å². The molecule has 19 heavy (non-hydrogen) atoms. The fourth-order valence-corrected chi connectivity index (χ4v) is 3.90. The molecule has 1 spiro atoms.